The average molecular weight is 335 g/mol. The van der Waals surface area contributed by atoms with Crippen molar-refractivity contribution in [2.24, 2.45) is 0 Å². The minimum absolute atomic E-state index is 0.210. The van der Waals surface area contributed by atoms with Crippen LogP contribution in [0.5, 0.6) is 0 Å². The van der Waals surface area contributed by atoms with Crippen LogP contribution < -0.4 is 4.90 Å². The zero-order valence-electron chi connectivity index (χ0n) is 13.6. The fourth-order valence-corrected chi connectivity index (χ4v) is 4.63. The molecule has 0 bridgehead atoms. The molecule has 0 amide bonds. The van der Waals surface area contributed by atoms with E-state index in [2.05, 4.69) is 41.2 Å². The number of anilines is 1. The summed E-state index contributed by atoms with van der Waals surface area (Å²) in [4.78, 5) is 2.42. The lowest BCUT2D eigenvalue weighted by Gasteiger charge is -2.35. The lowest BCUT2D eigenvalue weighted by atomic mass is 10.2. The zero-order chi connectivity index (χ0) is 16.6. The first-order chi connectivity index (χ1) is 10.9. The Bertz CT molecular complexity index is 769. The first-order valence-corrected chi connectivity index (χ1v) is 9.08. The van der Waals surface area contributed by atoms with E-state index in [1.54, 1.807) is 13.8 Å². The van der Waals surface area contributed by atoms with Gasteiger partial charge in [0.2, 0.25) is 10.0 Å². The van der Waals surface area contributed by atoms with Crippen LogP contribution in [-0.2, 0) is 10.0 Å². The Hall–Kier alpha value is -1.86. The standard InChI is InChI=1S/C16H21N3O3S/c1-12-4-6-15(7-5-12)18-8-10-19(11-9-18)23(20,21)16-13(2)17-22-14(16)3/h4-7H,8-11H2,1-3H3. The fraction of sp³-hybridized carbons (Fsp3) is 0.438. The summed E-state index contributed by atoms with van der Waals surface area (Å²) >= 11 is 0. The lowest BCUT2D eigenvalue weighted by molar-refractivity contribution is 0.378. The Balaban J connectivity index is 1.75. The number of hydrogen-bond donors (Lipinski definition) is 0. The molecule has 0 saturated carbocycles. The molecule has 1 aliphatic rings. The maximum atomic E-state index is 12.8. The molecule has 6 nitrogen and oxygen atoms in total. The van der Waals surface area contributed by atoms with Gasteiger partial charge < -0.3 is 9.42 Å². The number of benzene rings is 1. The van der Waals surface area contributed by atoms with Gasteiger partial charge in [-0.05, 0) is 32.9 Å². The van der Waals surface area contributed by atoms with Crippen molar-refractivity contribution in [1.82, 2.24) is 9.46 Å². The van der Waals surface area contributed by atoms with Gasteiger partial charge >= 0.3 is 0 Å². The topological polar surface area (TPSA) is 66.7 Å². The van der Waals surface area contributed by atoms with Gasteiger partial charge in [0.05, 0.1) is 0 Å². The molecule has 23 heavy (non-hydrogen) atoms. The van der Waals surface area contributed by atoms with Crippen molar-refractivity contribution in [3.8, 4) is 0 Å². The third kappa shape index (κ3) is 2.98. The van der Waals surface area contributed by atoms with E-state index in [0.717, 1.165) is 5.69 Å². The van der Waals surface area contributed by atoms with E-state index >= 15 is 0 Å². The highest BCUT2D eigenvalue weighted by molar-refractivity contribution is 7.89. The van der Waals surface area contributed by atoms with Gasteiger partial charge in [0.1, 0.15) is 10.6 Å². The van der Waals surface area contributed by atoms with Crippen molar-refractivity contribution in [2.45, 2.75) is 25.7 Å². The van der Waals surface area contributed by atoms with Crippen LogP contribution in [0.3, 0.4) is 0 Å². The largest absolute Gasteiger partial charge is 0.369 e. The highest BCUT2D eigenvalue weighted by atomic mass is 32.2. The van der Waals surface area contributed by atoms with Crippen molar-refractivity contribution in [3.05, 3.63) is 41.3 Å². The minimum atomic E-state index is -3.54. The molecular weight excluding hydrogens is 314 g/mol. The number of aryl methyl sites for hydroxylation is 3. The van der Waals surface area contributed by atoms with Crippen LogP contribution in [-0.4, -0.2) is 44.1 Å². The van der Waals surface area contributed by atoms with Crippen molar-refractivity contribution in [2.75, 3.05) is 31.1 Å². The molecule has 0 spiro atoms. The molecule has 1 aliphatic heterocycles. The number of aromatic nitrogens is 1. The van der Waals surface area contributed by atoms with Crippen molar-refractivity contribution in [1.29, 1.82) is 0 Å². The molecule has 2 heterocycles. The summed E-state index contributed by atoms with van der Waals surface area (Å²) in [6, 6.07) is 8.30. The van der Waals surface area contributed by atoms with Crippen molar-refractivity contribution < 1.29 is 12.9 Å². The predicted molar refractivity (Wildman–Crippen MR) is 88.1 cm³/mol. The van der Waals surface area contributed by atoms with Gasteiger partial charge in [-0.3, -0.25) is 0 Å². The van der Waals surface area contributed by atoms with E-state index in [1.165, 1.54) is 9.87 Å². The fourth-order valence-electron chi connectivity index (χ4n) is 2.91. The maximum Gasteiger partial charge on any atom is 0.248 e. The van der Waals surface area contributed by atoms with Gasteiger partial charge in [-0.1, -0.05) is 22.9 Å². The summed E-state index contributed by atoms with van der Waals surface area (Å²) in [6.45, 7) is 7.61. The third-order valence-corrected chi connectivity index (χ3v) is 6.35. The van der Waals surface area contributed by atoms with E-state index in [9.17, 15) is 8.42 Å². The SMILES string of the molecule is Cc1ccc(N2CCN(S(=O)(=O)c3c(C)noc3C)CC2)cc1. The van der Waals surface area contributed by atoms with Crippen molar-refractivity contribution in [3.63, 3.8) is 0 Å². The van der Waals surface area contributed by atoms with Crippen LogP contribution in [0, 0.1) is 20.8 Å². The van der Waals surface area contributed by atoms with E-state index in [1.807, 2.05) is 0 Å². The molecule has 0 unspecified atom stereocenters. The van der Waals surface area contributed by atoms with Gasteiger partial charge in [-0.15, -0.1) is 0 Å². The van der Waals surface area contributed by atoms with Gasteiger partial charge in [0.15, 0.2) is 5.76 Å². The summed E-state index contributed by atoms with van der Waals surface area (Å²) in [6.07, 6.45) is 0. The molecule has 1 saturated heterocycles. The van der Waals surface area contributed by atoms with Gasteiger partial charge in [0, 0.05) is 31.9 Å². The predicted octanol–water partition coefficient (Wildman–Crippen LogP) is 2.11. The van der Waals surface area contributed by atoms with Crippen LogP contribution in [0.4, 0.5) is 5.69 Å². The van der Waals surface area contributed by atoms with E-state index < -0.39 is 10.0 Å². The van der Waals surface area contributed by atoms with Crippen LogP contribution in [0.2, 0.25) is 0 Å². The second-order valence-corrected chi connectivity index (χ2v) is 7.75. The van der Waals surface area contributed by atoms with Gasteiger partial charge in [-0.2, -0.15) is 4.31 Å². The Kier molecular flexibility index (Phi) is 4.16. The second-order valence-electron chi connectivity index (χ2n) is 5.88. The smallest absolute Gasteiger partial charge is 0.248 e. The molecule has 0 aliphatic carbocycles. The maximum absolute atomic E-state index is 12.8. The molecule has 124 valence electrons. The second kappa shape index (κ2) is 5.98. The van der Waals surface area contributed by atoms with Crippen LogP contribution in [0.25, 0.3) is 0 Å². The first-order valence-electron chi connectivity index (χ1n) is 7.64. The Morgan fingerprint density at radius 1 is 1.00 bits per heavy atom. The molecule has 0 N–H and O–H groups in total. The number of rotatable bonds is 3. The van der Waals surface area contributed by atoms with Crippen molar-refractivity contribution >= 4 is 15.7 Å². The summed E-state index contributed by atoms with van der Waals surface area (Å²) in [7, 11) is -3.54. The third-order valence-electron chi connectivity index (χ3n) is 4.20. The number of nitrogens with zero attached hydrogens (tertiary/aromatic N) is 3. The average Bonchev–Trinajstić information content (AvgIpc) is 2.88. The summed E-state index contributed by atoms with van der Waals surface area (Å²) in [5, 5.41) is 3.76. The Labute approximate surface area is 136 Å². The van der Waals surface area contributed by atoms with Crippen LogP contribution in [0.15, 0.2) is 33.7 Å². The Morgan fingerprint density at radius 3 is 2.13 bits per heavy atom. The minimum Gasteiger partial charge on any atom is -0.369 e. The molecule has 1 aromatic heterocycles. The summed E-state index contributed by atoms with van der Waals surface area (Å²) in [5.74, 6) is 0.350. The molecule has 3 rings (SSSR count). The highest BCUT2D eigenvalue weighted by Crippen LogP contribution is 2.25. The number of hydrogen-bond acceptors (Lipinski definition) is 5. The highest BCUT2D eigenvalue weighted by Gasteiger charge is 2.33. The quantitative estimate of drug-likeness (QED) is 0.859. The molecule has 1 aromatic carbocycles. The molecule has 7 heteroatoms. The number of sulfonamides is 1. The zero-order valence-corrected chi connectivity index (χ0v) is 14.4. The van der Waals surface area contributed by atoms with Gasteiger partial charge in [-0.25, -0.2) is 8.42 Å². The first kappa shape index (κ1) is 16.0. The lowest BCUT2D eigenvalue weighted by Crippen LogP contribution is -2.48. The normalized spacial score (nSPS) is 16.7. The molecule has 1 fully saturated rings. The van der Waals surface area contributed by atoms with E-state index in [0.29, 0.717) is 37.6 Å². The molecular formula is C16H21N3O3S. The van der Waals surface area contributed by atoms with Crippen LogP contribution >= 0.6 is 0 Å². The van der Waals surface area contributed by atoms with E-state index in [4.69, 9.17) is 4.52 Å². The molecule has 2 aromatic rings. The number of piperazine rings is 1. The monoisotopic (exact) mass is 335 g/mol. The summed E-state index contributed by atoms with van der Waals surface area (Å²) < 4.78 is 32.1. The van der Waals surface area contributed by atoms with E-state index in [-0.39, 0.29) is 4.90 Å². The van der Waals surface area contributed by atoms with Gasteiger partial charge in [0.25, 0.3) is 0 Å². The summed E-state index contributed by atoms with van der Waals surface area (Å²) in [5.41, 5.74) is 2.77. The Morgan fingerprint density at radius 2 is 1.61 bits per heavy atom. The molecule has 0 radical (unpaired) electrons. The molecule has 0 atom stereocenters. The van der Waals surface area contributed by atoms with Crippen LogP contribution in [0.1, 0.15) is 17.0 Å².